The first-order chi connectivity index (χ1) is 11.3. The van der Waals surface area contributed by atoms with Crippen molar-refractivity contribution in [2.45, 2.75) is 77.0 Å². The molecule has 0 aromatic heterocycles. The van der Waals surface area contributed by atoms with Crippen molar-refractivity contribution in [3.63, 3.8) is 0 Å². The Labute approximate surface area is 143 Å². The molecule has 0 aromatic carbocycles. The van der Waals surface area contributed by atoms with Crippen LogP contribution >= 0.6 is 0 Å². The number of morpholine rings is 1. The summed E-state index contributed by atoms with van der Waals surface area (Å²) in [6.07, 6.45) is 3.51. The second kappa shape index (κ2) is 8.28. The maximum Gasteiger partial charge on any atom is 0.410 e. The van der Waals surface area contributed by atoms with E-state index in [-0.39, 0.29) is 36.6 Å². The van der Waals surface area contributed by atoms with E-state index in [2.05, 4.69) is 0 Å². The quantitative estimate of drug-likeness (QED) is 0.693. The van der Waals surface area contributed by atoms with Crippen molar-refractivity contribution in [1.29, 1.82) is 0 Å². The molecule has 2 fully saturated rings. The van der Waals surface area contributed by atoms with Crippen LogP contribution in [-0.4, -0.2) is 54.3 Å². The van der Waals surface area contributed by atoms with Crippen molar-refractivity contribution in [2.24, 2.45) is 5.92 Å². The molecule has 0 aliphatic carbocycles. The molecule has 24 heavy (non-hydrogen) atoms. The van der Waals surface area contributed by atoms with Crippen molar-refractivity contribution in [2.75, 3.05) is 19.9 Å². The molecule has 6 heteroatoms. The number of halogens is 1. The normalized spacial score (nSPS) is 27.0. The number of rotatable bonds is 6. The van der Waals surface area contributed by atoms with Gasteiger partial charge in [-0.25, -0.2) is 4.79 Å². The number of unbranched alkanes of at least 4 members (excludes halogenated alkanes) is 2. The van der Waals surface area contributed by atoms with E-state index in [1.807, 2.05) is 20.8 Å². The smallest absolute Gasteiger partial charge is 0.410 e. The van der Waals surface area contributed by atoms with Crippen LogP contribution in [0.4, 0.5) is 9.18 Å². The van der Waals surface area contributed by atoms with Gasteiger partial charge in [-0.05, 0) is 46.5 Å². The molecule has 5 nitrogen and oxygen atoms in total. The van der Waals surface area contributed by atoms with Crippen molar-refractivity contribution < 1.29 is 23.5 Å². The average molecular weight is 343 g/mol. The van der Waals surface area contributed by atoms with Gasteiger partial charge in [0.25, 0.3) is 0 Å². The first-order valence-electron chi connectivity index (χ1n) is 8.99. The van der Waals surface area contributed by atoms with E-state index < -0.39 is 5.60 Å². The molecule has 138 valence electrons. The first-order valence-corrected chi connectivity index (χ1v) is 8.99. The topological polar surface area (TPSA) is 55.8 Å². The molecule has 0 spiro atoms. The number of hydrogen-bond acceptors (Lipinski definition) is 4. The maximum absolute atomic E-state index is 12.5. The van der Waals surface area contributed by atoms with Gasteiger partial charge in [0.2, 0.25) is 0 Å². The summed E-state index contributed by atoms with van der Waals surface area (Å²) in [5.41, 5.74) is -0.532. The summed E-state index contributed by atoms with van der Waals surface area (Å²) < 4.78 is 23.2. The minimum absolute atomic E-state index is 0.0204. The van der Waals surface area contributed by atoms with Gasteiger partial charge < -0.3 is 9.47 Å². The van der Waals surface area contributed by atoms with Gasteiger partial charge in [-0.1, -0.05) is 6.42 Å². The second-order valence-electron chi connectivity index (χ2n) is 7.87. The second-order valence-corrected chi connectivity index (χ2v) is 7.87. The van der Waals surface area contributed by atoms with Gasteiger partial charge in [-0.15, -0.1) is 0 Å². The van der Waals surface area contributed by atoms with Crippen LogP contribution in [0.3, 0.4) is 0 Å². The van der Waals surface area contributed by atoms with Gasteiger partial charge in [0.1, 0.15) is 11.4 Å². The predicted octanol–water partition coefficient (Wildman–Crippen LogP) is 3.50. The lowest BCUT2D eigenvalue weighted by Gasteiger charge is -2.47. The number of nitrogens with zero attached hydrogens (tertiary/aromatic N) is 1. The fourth-order valence-corrected chi connectivity index (χ4v) is 3.57. The number of ether oxygens (including phenoxy) is 2. The monoisotopic (exact) mass is 343 g/mol. The zero-order valence-electron chi connectivity index (χ0n) is 15.1. The molecule has 2 unspecified atom stereocenters. The largest absolute Gasteiger partial charge is 0.444 e. The summed E-state index contributed by atoms with van der Waals surface area (Å²) in [4.78, 5) is 26.7. The predicted molar refractivity (Wildman–Crippen MR) is 88.6 cm³/mol. The summed E-state index contributed by atoms with van der Waals surface area (Å²) in [6.45, 7) is 6.16. The molecule has 0 radical (unpaired) electrons. The Morgan fingerprint density at radius 2 is 1.75 bits per heavy atom. The first kappa shape index (κ1) is 19.2. The highest BCUT2D eigenvalue weighted by Crippen LogP contribution is 2.34. The summed E-state index contributed by atoms with van der Waals surface area (Å²) >= 11 is 0. The Balaban J connectivity index is 1.92. The van der Waals surface area contributed by atoms with Crippen LogP contribution in [0.5, 0.6) is 0 Å². The van der Waals surface area contributed by atoms with Gasteiger partial charge in [0.15, 0.2) is 0 Å². The minimum atomic E-state index is -0.532. The summed E-state index contributed by atoms with van der Waals surface area (Å²) in [5.74, 6) is 0.225. The average Bonchev–Trinajstić information content (AvgIpc) is 2.48. The highest BCUT2D eigenvalue weighted by atomic mass is 19.1. The van der Waals surface area contributed by atoms with Crippen LogP contribution in [0.15, 0.2) is 0 Å². The van der Waals surface area contributed by atoms with E-state index in [4.69, 9.17) is 9.47 Å². The van der Waals surface area contributed by atoms with Gasteiger partial charge in [-0.3, -0.25) is 14.1 Å². The van der Waals surface area contributed by atoms with Crippen molar-refractivity contribution >= 4 is 11.9 Å². The van der Waals surface area contributed by atoms with E-state index in [1.165, 1.54) is 0 Å². The van der Waals surface area contributed by atoms with Gasteiger partial charge in [0, 0.05) is 12.3 Å². The van der Waals surface area contributed by atoms with Crippen LogP contribution in [0.25, 0.3) is 0 Å². The van der Waals surface area contributed by atoms with Gasteiger partial charge in [0.05, 0.1) is 32.0 Å². The number of fused-ring (bicyclic) bond motifs is 2. The Hall–Kier alpha value is -1.17. The number of alkyl halides is 1. The zero-order chi connectivity index (χ0) is 17.7. The Bertz CT molecular complexity index is 435. The van der Waals surface area contributed by atoms with Gasteiger partial charge >= 0.3 is 6.09 Å². The highest BCUT2D eigenvalue weighted by molar-refractivity contribution is 5.81. The van der Waals surface area contributed by atoms with Crippen molar-refractivity contribution in [3.8, 4) is 0 Å². The molecule has 2 saturated heterocycles. The highest BCUT2D eigenvalue weighted by Gasteiger charge is 2.44. The van der Waals surface area contributed by atoms with Gasteiger partial charge in [-0.2, -0.15) is 0 Å². The lowest BCUT2D eigenvalue weighted by molar-refractivity contribution is -0.132. The zero-order valence-corrected chi connectivity index (χ0v) is 15.1. The number of amides is 1. The number of Topliss-reactive ketones (excluding diaryl/α,β-unsaturated/α-hetero) is 1. The van der Waals surface area contributed by atoms with Crippen LogP contribution in [0.1, 0.15) is 59.3 Å². The molecule has 1 amide bonds. The molecular weight excluding hydrogens is 313 g/mol. The number of ketones is 1. The molecule has 2 bridgehead atoms. The third-order valence-corrected chi connectivity index (χ3v) is 4.64. The fraction of sp³-hybridized carbons (Fsp3) is 0.889. The molecule has 2 atom stereocenters. The van der Waals surface area contributed by atoms with E-state index in [0.717, 1.165) is 12.8 Å². The Morgan fingerprint density at radius 3 is 2.29 bits per heavy atom. The number of piperidine rings is 1. The van der Waals surface area contributed by atoms with Crippen LogP contribution in [0, 0.1) is 5.92 Å². The molecular formula is C18H30FNO4. The SMILES string of the molecule is CC(C)(C)OC(=O)N1C2COCC1CC(C(=O)CCCCCF)C2. The summed E-state index contributed by atoms with van der Waals surface area (Å²) in [5, 5.41) is 0. The van der Waals surface area contributed by atoms with Crippen LogP contribution in [0.2, 0.25) is 0 Å². The van der Waals surface area contributed by atoms with Crippen LogP contribution in [-0.2, 0) is 14.3 Å². The van der Waals surface area contributed by atoms with E-state index in [0.29, 0.717) is 38.9 Å². The van der Waals surface area contributed by atoms with E-state index in [1.54, 1.807) is 4.90 Å². The minimum Gasteiger partial charge on any atom is -0.444 e. The molecule has 0 saturated carbocycles. The Morgan fingerprint density at radius 1 is 1.12 bits per heavy atom. The number of carbonyl (C=O) groups excluding carboxylic acids is 2. The lowest BCUT2D eigenvalue weighted by atomic mass is 9.81. The molecule has 0 N–H and O–H groups in total. The summed E-state index contributed by atoms with van der Waals surface area (Å²) in [6, 6.07) is -0.181. The maximum atomic E-state index is 12.5. The fourth-order valence-electron chi connectivity index (χ4n) is 3.57. The Kier molecular flexibility index (Phi) is 6.61. The van der Waals surface area contributed by atoms with Crippen molar-refractivity contribution in [1.82, 2.24) is 4.90 Å². The third kappa shape index (κ3) is 5.16. The van der Waals surface area contributed by atoms with E-state index >= 15 is 0 Å². The third-order valence-electron chi connectivity index (χ3n) is 4.64. The molecule has 2 aliphatic heterocycles. The standard InChI is InChI=1S/C18H30FNO4/c1-18(2,3)24-17(22)20-14-9-13(10-15(20)12-23-11-14)16(21)7-5-4-6-8-19/h13-15H,4-12H2,1-3H3. The molecule has 0 aromatic rings. The number of hydrogen-bond donors (Lipinski definition) is 0. The van der Waals surface area contributed by atoms with E-state index in [9.17, 15) is 14.0 Å². The van der Waals surface area contributed by atoms with Crippen molar-refractivity contribution in [3.05, 3.63) is 0 Å². The van der Waals surface area contributed by atoms with Crippen LogP contribution < -0.4 is 0 Å². The number of carbonyl (C=O) groups is 2. The molecule has 2 rings (SSSR count). The molecule has 2 heterocycles. The summed E-state index contributed by atoms with van der Waals surface area (Å²) in [7, 11) is 0. The lowest BCUT2D eigenvalue weighted by Crippen LogP contribution is -2.60. The molecule has 2 aliphatic rings.